The van der Waals surface area contributed by atoms with E-state index in [-0.39, 0.29) is 19.0 Å². The van der Waals surface area contributed by atoms with E-state index in [1.165, 1.54) is 0 Å². The van der Waals surface area contributed by atoms with Crippen LogP contribution in [0.15, 0.2) is 60.3 Å². The molecule has 0 spiro atoms. The second-order valence-electron chi connectivity index (χ2n) is 8.38. The molecule has 2 aliphatic rings. The minimum absolute atomic E-state index is 0.0470. The van der Waals surface area contributed by atoms with Crippen LogP contribution >= 0.6 is 0 Å². The topological polar surface area (TPSA) is 141 Å². The van der Waals surface area contributed by atoms with Crippen LogP contribution < -0.4 is 14.9 Å². The number of ether oxygens (including phenoxy) is 2. The van der Waals surface area contributed by atoms with Crippen LogP contribution in [-0.2, 0) is 24.3 Å². The minimum Gasteiger partial charge on any atom is -0.485 e. The molecule has 2 aliphatic heterocycles. The van der Waals surface area contributed by atoms with Crippen molar-refractivity contribution in [3.05, 3.63) is 66.0 Å². The highest BCUT2D eigenvalue weighted by Gasteiger charge is 2.19. The Morgan fingerprint density at radius 3 is 2.89 bits per heavy atom. The SMILES string of the molecule is Cc1cc(N(CCCNS(C)(=O)=O)CC(=O)NCCC2=COC3=CCOC3=C2)nc(-n2ccnc2)n1. The number of imidazole rings is 1. The van der Waals surface area contributed by atoms with Crippen molar-refractivity contribution in [1.29, 1.82) is 0 Å². The molecule has 1 amide bonds. The first-order valence-electron chi connectivity index (χ1n) is 11.5. The van der Waals surface area contributed by atoms with E-state index in [4.69, 9.17) is 9.47 Å². The Morgan fingerprint density at radius 2 is 2.11 bits per heavy atom. The molecule has 0 saturated heterocycles. The van der Waals surface area contributed by atoms with E-state index in [0.717, 1.165) is 23.3 Å². The summed E-state index contributed by atoms with van der Waals surface area (Å²) in [6, 6.07) is 1.79. The maximum atomic E-state index is 12.8. The highest BCUT2D eigenvalue weighted by atomic mass is 32.2. The molecule has 0 radical (unpaired) electrons. The lowest BCUT2D eigenvalue weighted by Gasteiger charge is -2.24. The Bertz CT molecular complexity index is 1290. The van der Waals surface area contributed by atoms with Crippen molar-refractivity contribution >= 4 is 21.7 Å². The van der Waals surface area contributed by atoms with Crippen LogP contribution in [-0.4, -0.2) is 72.9 Å². The van der Waals surface area contributed by atoms with Gasteiger partial charge in [0.15, 0.2) is 11.5 Å². The average Bonchev–Trinajstić information content (AvgIpc) is 3.52. The van der Waals surface area contributed by atoms with Gasteiger partial charge in [-0.25, -0.2) is 23.1 Å². The lowest BCUT2D eigenvalue weighted by molar-refractivity contribution is -0.119. The minimum atomic E-state index is -3.30. The summed E-state index contributed by atoms with van der Waals surface area (Å²) in [6.07, 6.45) is 12.6. The predicted octanol–water partition coefficient (Wildman–Crippen LogP) is 0.935. The Morgan fingerprint density at radius 1 is 1.25 bits per heavy atom. The van der Waals surface area contributed by atoms with Gasteiger partial charge in [0.2, 0.25) is 21.9 Å². The third kappa shape index (κ3) is 7.15. The van der Waals surface area contributed by atoms with Gasteiger partial charge in [0.05, 0.1) is 19.1 Å². The number of aryl methyl sites for hydroxylation is 1. The van der Waals surface area contributed by atoms with Crippen LogP contribution in [0.5, 0.6) is 0 Å². The highest BCUT2D eigenvalue weighted by Crippen LogP contribution is 2.27. The number of fused-ring (bicyclic) bond motifs is 1. The zero-order valence-corrected chi connectivity index (χ0v) is 21.0. The Kier molecular flexibility index (Phi) is 8.00. The van der Waals surface area contributed by atoms with Gasteiger partial charge in [-0.3, -0.25) is 9.36 Å². The fourth-order valence-electron chi connectivity index (χ4n) is 3.64. The van der Waals surface area contributed by atoms with Gasteiger partial charge >= 0.3 is 0 Å². The second-order valence-corrected chi connectivity index (χ2v) is 10.2. The van der Waals surface area contributed by atoms with Gasteiger partial charge in [-0.1, -0.05) is 0 Å². The summed E-state index contributed by atoms with van der Waals surface area (Å²) in [6.45, 7) is 3.47. The molecule has 0 saturated carbocycles. The molecule has 4 rings (SSSR count). The van der Waals surface area contributed by atoms with Crippen molar-refractivity contribution < 1.29 is 22.7 Å². The molecule has 0 aliphatic carbocycles. The molecule has 13 heteroatoms. The summed E-state index contributed by atoms with van der Waals surface area (Å²) in [4.78, 5) is 27.7. The smallest absolute Gasteiger partial charge is 0.239 e. The molecular weight excluding hydrogens is 486 g/mol. The number of sulfonamides is 1. The number of amides is 1. The first-order valence-corrected chi connectivity index (χ1v) is 13.4. The lowest BCUT2D eigenvalue weighted by atomic mass is 10.1. The number of aromatic nitrogens is 4. The molecule has 0 fully saturated rings. The van der Waals surface area contributed by atoms with Crippen molar-refractivity contribution in [2.24, 2.45) is 0 Å². The van der Waals surface area contributed by atoms with Crippen LogP contribution in [0.25, 0.3) is 5.95 Å². The number of hydrogen-bond donors (Lipinski definition) is 2. The van der Waals surface area contributed by atoms with E-state index in [2.05, 4.69) is 25.0 Å². The molecule has 2 N–H and O–H groups in total. The predicted molar refractivity (Wildman–Crippen MR) is 132 cm³/mol. The third-order valence-corrected chi connectivity index (χ3v) is 6.06. The zero-order chi connectivity index (χ0) is 25.5. The van der Waals surface area contributed by atoms with Gasteiger partial charge in [-0.2, -0.15) is 4.98 Å². The molecular formula is C23H29N7O5S. The molecule has 192 valence electrons. The van der Waals surface area contributed by atoms with Crippen molar-refractivity contribution in [2.45, 2.75) is 19.8 Å². The van der Waals surface area contributed by atoms with Gasteiger partial charge in [-0.05, 0) is 37.5 Å². The molecule has 2 aromatic rings. The first kappa shape index (κ1) is 25.4. The summed E-state index contributed by atoms with van der Waals surface area (Å²) in [5.41, 5.74) is 1.65. The molecule has 0 bridgehead atoms. The molecule has 36 heavy (non-hydrogen) atoms. The van der Waals surface area contributed by atoms with E-state index < -0.39 is 10.0 Å². The number of nitrogens with zero attached hydrogens (tertiary/aromatic N) is 5. The van der Waals surface area contributed by atoms with E-state index in [0.29, 0.717) is 50.1 Å². The molecule has 0 atom stereocenters. The van der Waals surface area contributed by atoms with E-state index in [9.17, 15) is 13.2 Å². The Balaban J connectivity index is 1.39. The maximum Gasteiger partial charge on any atom is 0.239 e. The molecule has 2 aromatic heterocycles. The van der Waals surface area contributed by atoms with Gasteiger partial charge in [0.25, 0.3) is 0 Å². The zero-order valence-electron chi connectivity index (χ0n) is 20.2. The summed E-state index contributed by atoms with van der Waals surface area (Å²) in [5.74, 6) is 2.24. The van der Waals surface area contributed by atoms with E-state index >= 15 is 0 Å². The molecule has 12 nitrogen and oxygen atoms in total. The van der Waals surface area contributed by atoms with Crippen LogP contribution in [0.2, 0.25) is 0 Å². The number of rotatable bonds is 12. The Labute approximate surface area is 209 Å². The Hall–Kier alpha value is -3.71. The van der Waals surface area contributed by atoms with Gasteiger partial charge in [0, 0.05) is 43.8 Å². The first-order chi connectivity index (χ1) is 17.3. The summed E-state index contributed by atoms with van der Waals surface area (Å²) < 4.78 is 38.0. The van der Waals surface area contributed by atoms with Gasteiger partial charge in [-0.15, -0.1) is 0 Å². The largest absolute Gasteiger partial charge is 0.485 e. The van der Waals surface area contributed by atoms with Gasteiger partial charge in [0.1, 0.15) is 18.8 Å². The summed E-state index contributed by atoms with van der Waals surface area (Å²) in [7, 11) is -3.30. The summed E-state index contributed by atoms with van der Waals surface area (Å²) >= 11 is 0. The number of hydrogen-bond acceptors (Lipinski definition) is 9. The quantitative estimate of drug-likeness (QED) is 0.395. The van der Waals surface area contributed by atoms with E-state index in [1.807, 2.05) is 24.0 Å². The molecule has 0 unspecified atom stereocenters. The van der Waals surface area contributed by atoms with Crippen LogP contribution in [0.3, 0.4) is 0 Å². The second kappa shape index (κ2) is 11.4. The average molecular weight is 516 g/mol. The summed E-state index contributed by atoms with van der Waals surface area (Å²) in [5, 5.41) is 2.93. The van der Waals surface area contributed by atoms with Crippen molar-refractivity contribution in [3.63, 3.8) is 0 Å². The highest BCUT2D eigenvalue weighted by molar-refractivity contribution is 7.88. The van der Waals surface area contributed by atoms with E-state index in [1.54, 1.807) is 35.6 Å². The maximum absolute atomic E-state index is 12.8. The number of nitrogens with one attached hydrogen (secondary N) is 2. The van der Waals surface area contributed by atoms with Crippen molar-refractivity contribution in [3.8, 4) is 5.95 Å². The standard InChI is InChI=1S/C23H29N7O5S/c1-17-12-21(28-23(27-17)30-10-8-24-16-30)29(9-3-6-26-36(2,32)33)14-22(31)25-7-4-18-13-20-19(35-15-18)5-11-34-20/h5,8,10,12-13,15-16,26H,3-4,6-7,9,11,14H2,1-2H3,(H,25,31). The number of anilines is 1. The van der Waals surface area contributed by atoms with Crippen LogP contribution in [0.1, 0.15) is 18.5 Å². The molecule has 0 aromatic carbocycles. The van der Waals surface area contributed by atoms with Gasteiger partial charge < -0.3 is 19.7 Å². The van der Waals surface area contributed by atoms with Crippen molar-refractivity contribution in [2.75, 3.05) is 43.9 Å². The molecule has 4 heterocycles. The fraction of sp³-hybridized carbons (Fsp3) is 0.391. The third-order valence-electron chi connectivity index (χ3n) is 5.33. The van der Waals surface area contributed by atoms with Crippen molar-refractivity contribution in [1.82, 2.24) is 29.6 Å². The monoisotopic (exact) mass is 515 g/mol. The number of carbonyl (C=O) groups excluding carboxylic acids is 1. The van der Waals surface area contributed by atoms with Crippen LogP contribution in [0.4, 0.5) is 5.82 Å². The number of allylic oxidation sites excluding steroid dienone is 1. The number of carbonyl (C=O) groups is 1. The van der Waals surface area contributed by atoms with Crippen LogP contribution in [0, 0.1) is 6.92 Å². The lowest BCUT2D eigenvalue weighted by Crippen LogP contribution is -2.39. The fourth-order valence-corrected chi connectivity index (χ4v) is 4.15. The normalized spacial score (nSPS) is 14.7.